The molecule has 3 rings (SSSR count). The van der Waals surface area contributed by atoms with Gasteiger partial charge in [0, 0.05) is 13.2 Å². The zero-order chi connectivity index (χ0) is 16.1. The van der Waals surface area contributed by atoms with Crippen molar-refractivity contribution in [3.05, 3.63) is 29.3 Å². The Morgan fingerprint density at radius 1 is 1.35 bits per heavy atom. The lowest BCUT2D eigenvalue weighted by molar-refractivity contribution is -0.892. The molecule has 1 amide bonds. The van der Waals surface area contributed by atoms with Crippen LogP contribution in [0.2, 0.25) is 5.02 Å². The Bertz CT molecular complexity index is 526. The van der Waals surface area contributed by atoms with E-state index in [0.29, 0.717) is 13.1 Å². The summed E-state index contributed by atoms with van der Waals surface area (Å²) in [5.74, 6) is 0.127. The summed E-state index contributed by atoms with van der Waals surface area (Å²) in [6, 6.07) is 7.95. The van der Waals surface area contributed by atoms with E-state index in [1.165, 1.54) is 4.90 Å². The monoisotopic (exact) mass is 338 g/mol. The third-order valence-corrected chi connectivity index (χ3v) is 4.94. The molecule has 0 spiro atoms. The fourth-order valence-corrected chi connectivity index (χ4v) is 3.53. The summed E-state index contributed by atoms with van der Waals surface area (Å²) in [4.78, 5) is 15.7. The number of carbonyl (C=O) groups excluding carboxylic acids is 1. The first-order valence-corrected chi connectivity index (χ1v) is 8.81. The number of halogens is 1. The Labute approximate surface area is 142 Å². The molecule has 0 saturated carbocycles. The van der Waals surface area contributed by atoms with Crippen LogP contribution in [0.3, 0.4) is 0 Å². The Morgan fingerprint density at radius 2 is 2.13 bits per heavy atom. The van der Waals surface area contributed by atoms with Crippen molar-refractivity contribution in [2.24, 2.45) is 0 Å². The van der Waals surface area contributed by atoms with E-state index in [2.05, 4.69) is 16.3 Å². The summed E-state index contributed by atoms with van der Waals surface area (Å²) in [6.07, 6.45) is 2.38. The van der Waals surface area contributed by atoms with Crippen molar-refractivity contribution in [2.45, 2.75) is 18.9 Å². The maximum Gasteiger partial charge on any atom is 0.275 e. The molecular formula is C17H25ClN3O2+. The number of amides is 1. The average molecular weight is 339 g/mol. The highest BCUT2D eigenvalue weighted by atomic mass is 35.5. The predicted octanol–water partition coefficient (Wildman–Crippen LogP) is 0.340. The highest BCUT2D eigenvalue weighted by Gasteiger charge is 2.24. The summed E-state index contributed by atoms with van der Waals surface area (Å²) in [5, 5.41) is 3.80. The molecule has 0 bridgehead atoms. The Balaban J connectivity index is 1.40. The van der Waals surface area contributed by atoms with Gasteiger partial charge in [-0.3, -0.25) is 4.79 Å². The van der Waals surface area contributed by atoms with Crippen LogP contribution in [0.5, 0.6) is 0 Å². The molecule has 126 valence electrons. The standard InChI is InChI=1S/C17H24ClN3O2/c18-15-5-1-2-6-16(15)21-9-7-20(8-10-21)13-17(22)19-12-14-4-3-11-23-14/h1-2,5-6,14H,3-4,7-13H2,(H,19,22)/p+1/t14-/m0/s1. The molecule has 2 heterocycles. The van der Waals surface area contributed by atoms with E-state index in [1.54, 1.807) is 0 Å². The summed E-state index contributed by atoms with van der Waals surface area (Å²) < 4.78 is 5.53. The van der Waals surface area contributed by atoms with Crippen molar-refractivity contribution in [1.29, 1.82) is 0 Å². The van der Waals surface area contributed by atoms with Crippen molar-refractivity contribution in [1.82, 2.24) is 5.32 Å². The highest BCUT2D eigenvalue weighted by molar-refractivity contribution is 6.33. The summed E-state index contributed by atoms with van der Waals surface area (Å²) in [7, 11) is 0. The Morgan fingerprint density at radius 3 is 2.83 bits per heavy atom. The van der Waals surface area contributed by atoms with Crippen LogP contribution in [0.1, 0.15) is 12.8 Å². The van der Waals surface area contributed by atoms with Crippen LogP contribution in [-0.4, -0.2) is 57.9 Å². The number of carbonyl (C=O) groups is 1. The van der Waals surface area contributed by atoms with Gasteiger partial charge in [0.1, 0.15) is 0 Å². The lowest BCUT2D eigenvalue weighted by Gasteiger charge is -2.33. The van der Waals surface area contributed by atoms with E-state index in [9.17, 15) is 4.79 Å². The second-order valence-corrected chi connectivity index (χ2v) is 6.71. The maximum absolute atomic E-state index is 12.1. The Kier molecular flexibility index (Phi) is 5.75. The molecule has 1 atom stereocenters. The molecule has 2 saturated heterocycles. The van der Waals surface area contributed by atoms with Gasteiger partial charge >= 0.3 is 0 Å². The van der Waals surface area contributed by atoms with Crippen molar-refractivity contribution in [3.8, 4) is 0 Å². The lowest BCUT2D eigenvalue weighted by atomic mass is 10.2. The number of hydrogen-bond acceptors (Lipinski definition) is 3. The van der Waals surface area contributed by atoms with Crippen LogP contribution in [0.25, 0.3) is 0 Å². The molecule has 0 aromatic heterocycles. The number of rotatable bonds is 5. The topological polar surface area (TPSA) is 46.0 Å². The van der Waals surface area contributed by atoms with Crippen molar-refractivity contribution >= 4 is 23.2 Å². The van der Waals surface area contributed by atoms with E-state index in [1.807, 2.05) is 18.2 Å². The molecule has 5 nitrogen and oxygen atoms in total. The maximum atomic E-state index is 12.1. The first kappa shape index (κ1) is 16.6. The van der Waals surface area contributed by atoms with Crippen molar-refractivity contribution < 1.29 is 14.4 Å². The van der Waals surface area contributed by atoms with Crippen LogP contribution in [-0.2, 0) is 9.53 Å². The highest BCUT2D eigenvalue weighted by Crippen LogP contribution is 2.24. The van der Waals surface area contributed by atoms with Gasteiger partial charge in [0.2, 0.25) is 0 Å². The van der Waals surface area contributed by atoms with Crippen LogP contribution in [0.15, 0.2) is 24.3 Å². The van der Waals surface area contributed by atoms with Gasteiger partial charge in [0.05, 0.1) is 43.0 Å². The minimum Gasteiger partial charge on any atom is -0.376 e. The molecule has 0 radical (unpaired) electrons. The number of quaternary nitrogens is 1. The minimum absolute atomic E-state index is 0.127. The van der Waals surface area contributed by atoms with E-state index >= 15 is 0 Å². The van der Waals surface area contributed by atoms with Crippen LogP contribution in [0.4, 0.5) is 5.69 Å². The number of piperazine rings is 1. The SMILES string of the molecule is O=C(C[NH+]1CCN(c2ccccc2Cl)CC1)NC[C@@H]1CCCO1. The van der Waals surface area contributed by atoms with Gasteiger partial charge in [-0.2, -0.15) is 0 Å². The third kappa shape index (κ3) is 4.59. The van der Waals surface area contributed by atoms with Gasteiger partial charge in [-0.05, 0) is 25.0 Å². The fourth-order valence-electron chi connectivity index (χ4n) is 3.27. The van der Waals surface area contributed by atoms with Crippen LogP contribution >= 0.6 is 11.6 Å². The molecule has 2 N–H and O–H groups in total. The molecule has 0 unspecified atom stereocenters. The van der Waals surface area contributed by atoms with E-state index < -0.39 is 0 Å². The molecule has 2 fully saturated rings. The molecular weight excluding hydrogens is 314 g/mol. The van der Waals surface area contributed by atoms with E-state index in [4.69, 9.17) is 16.3 Å². The zero-order valence-corrected chi connectivity index (χ0v) is 14.1. The van der Waals surface area contributed by atoms with Crippen molar-refractivity contribution in [2.75, 3.05) is 50.8 Å². The number of benzene rings is 1. The lowest BCUT2D eigenvalue weighted by Crippen LogP contribution is -3.16. The third-order valence-electron chi connectivity index (χ3n) is 4.63. The Hall–Kier alpha value is -1.30. The van der Waals surface area contributed by atoms with Gasteiger partial charge in [-0.1, -0.05) is 23.7 Å². The molecule has 1 aromatic carbocycles. The molecule has 23 heavy (non-hydrogen) atoms. The van der Waals surface area contributed by atoms with E-state index in [0.717, 1.165) is 56.3 Å². The molecule has 2 aliphatic heterocycles. The molecule has 2 aliphatic rings. The molecule has 6 heteroatoms. The molecule has 1 aromatic rings. The second-order valence-electron chi connectivity index (χ2n) is 6.30. The van der Waals surface area contributed by atoms with Gasteiger partial charge in [-0.15, -0.1) is 0 Å². The predicted molar refractivity (Wildman–Crippen MR) is 91.2 cm³/mol. The van der Waals surface area contributed by atoms with Crippen molar-refractivity contribution in [3.63, 3.8) is 0 Å². The first-order chi connectivity index (χ1) is 11.2. The second kappa shape index (κ2) is 7.99. The largest absolute Gasteiger partial charge is 0.376 e. The number of nitrogens with zero attached hydrogens (tertiary/aromatic N) is 1. The summed E-state index contributed by atoms with van der Waals surface area (Å²) >= 11 is 6.26. The fraction of sp³-hybridized carbons (Fsp3) is 0.588. The van der Waals surface area contributed by atoms with Crippen LogP contribution < -0.4 is 15.1 Å². The summed E-state index contributed by atoms with van der Waals surface area (Å²) in [6.45, 7) is 5.80. The number of hydrogen-bond donors (Lipinski definition) is 2. The van der Waals surface area contributed by atoms with Crippen LogP contribution in [0, 0.1) is 0 Å². The molecule has 0 aliphatic carbocycles. The summed E-state index contributed by atoms with van der Waals surface area (Å²) in [5.41, 5.74) is 1.09. The number of para-hydroxylation sites is 1. The average Bonchev–Trinajstić information content (AvgIpc) is 3.08. The van der Waals surface area contributed by atoms with Gasteiger partial charge < -0.3 is 19.9 Å². The number of nitrogens with one attached hydrogen (secondary N) is 2. The number of ether oxygens (including phenoxy) is 1. The van der Waals surface area contributed by atoms with Gasteiger partial charge in [-0.25, -0.2) is 0 Å². The number of anilines is 1. The van der Waals surface area contributed by atoms with E-state index in [-0.39, 0.29) is 12.0 Å². The zero-order valence-electron chi connectivity index (χ0n) is 13.4. The first-order valence-electron chi connectivity index (χ1n) is 8.44. The smallest absolute Gasteiger partial charge is 0.275 e. The van der Waals surface area contributed by atoms with Gasteiger partial charge in [0.15, 0.2) is 6.54 Å². The normalized spacial score (nSPS) is 22.3. The minimum atomic E-state index is 0.127. The quantitative estimate of drug-likeness (QED) is 0.814. The van der Waals surface area contributed by atoms with Gasteiger partial charge in [0.25, 0.3) is 5.91 Å².